The van der Waals surface area contributed by atoms with Gasteiger partial charge in [0.25, 0.3) is 0 Å². The Kier molecular flexibility index (Phi) is 3.46. The van der Waals surface area contributed by atoms with Gasteiger partial charge in [0.1, 0.15) is 6.10 Å². The van der Waals surface area contributed by atoms with Crippen LogP contribution in [-0.4, -0.2) is 29.2 Å². The van der Waals surface area contributed by atoms with Crippen LogP contribution in [0.15, 0.2) is 0 Å². The predicted octanol–water partition coefficient (Wildman–Crippen LogP) is 0.130. The van der Waals surface area contributed by atoms with Crippen LogP contribution in [0, 0.1) is 5.92 Å². The van der Waals surface area contributed by atoms with Crippen LogP contribution < -0.4 is 5.73 Å². The van der Waals surface area contributed by atoms with Gasteiger partial charge in [0.2, 0.25) is 0 Å². The maximum absolute atomic E-state index is 11.0. The van der Waals surface area contributed by atoms with Crippen molar-refractivity contribution in [3.63, 3.8) is 0 Å². The largest absolute Gasteiger partial charge is 0.481 e. The molecule has 0 bridgehead atoms. The van der Waals surface area contributed by atoms with Gasteiger partial charge in [0, 0.05) is 12.5 Å². The fraction of sp³-hybridized carbons (Fsp3) is 0.778. The summed E-state index contributed by atoms with van der Waals surface area (Å²) in [6.07, 6.45) is 0.587. The van der Waals surface area contributed by atoms with Crippen molar-refractivity contribution in [2.45, 2.75) is 38.3 Å². The number of carbonyl (C=O) groups excluding carboxylic acids is 1. The van der Waals surface area contributed by atoms with Gasteiger partial charge in [-0.15, -0.1) is 0 Å². The van der Waals surface area contributed by atoms with Crippen molar-refractivity contribution in [3.05, 3.63) is 0 Å². The molecule has 0 amide bonds. The number of carboxylic acid groups (broad SMARTS) is 1. The molecular formula is C9H15NO4. The number of hydrogen-bond donors (Lipinski definition) is 2. The summed E-state index contributed by atoms with van der Waals surface area (Å²) in [5.41, 5.74) is 5.67. The molecule has 1 rings (SSSR count). The molecule has 3 atom stereocenters. The van der Waals surface area contributed by atoms with Crippen molar-refractivity contribution in [2.24, 2.45) is 11.7 Å². The lowest BCUT2D eigenvalue weighted by Gasteiger charge is -2.15. The van der Waals surface area contributed by atoms with Gasteiger partial charge in [-0.2, -0.15) is 0 Å². The van der Waals surface area contributed by atoms with E-state index in [9.17, 15) is 9.59 Å². The quantitative estimate of drug-likeness (QED) is 0.633. The molecule has 1 fully saturated rings. The van der Waals surface area contributed by atoms with Gasteiger partial charge in [0.15, 0.2) is 0 Å². The Labute approximate surface area is 82.2 Å². The summed E-state index contributed by atoms with van der Waals surface area (Å²) in [4.78, 5) is 21.6. The fourth-order valence-corrected chi connectivity index (χ4v) is 1.62. The maximum Gasteiger partial charge on any atom is 0.306 e. The highest BCUT2D eigenvalue weighted by Gasteiger charge is 2.37. The zero-order valence-electron chi connectivity index (χ0n) is 8.10. The van der Waals surface area contributed by atoms with E-state index in [0.717, 1.165) is 0 Å². The van der Waals surface area contributed by atoms with Gasteiger partial charge < -0.3 is 15.6 Å². The Morgan fingerprint density at radius 1 is 1.50 bits per heavy atom. The van der Waals surface area contributed by atoms with Crippen LogP contribution in [0.2, 0.25) is 0 Å². The Morgan fingerprint density at radius 3 is 2.57 bits per heavy atom. The molecule has 1 saturated carbocycles. The molecule has 3 N–H and O–H groups in total. The predicted molar refractivity (Wildman–Crippen MR) is 48.5 cm³/mol. The van der Waals surface area contributed by atoms with Crippen molar-refractivity contribution in [1.82, 2.24) is 0 Å². The van der Waals surface area contributed by atoms with E-state index in [0.29, 0.717) is 19.3 Å². The topological polar surface area (TPSA) is 89.6 Å². The average molecular weight is 201 g/mol. The van der Waals surface area contributed by atoms with Crippen molar-refractivity contribution in [1.29, 1.82) is 0 Å². The van der Waals surface area contributed by atoms with Gasteiger partial charge in [-0.05, 0) is 12.8 Å². The van der Waals surface area contributed by atoms with E-state index in [1.165, 1.54) is 0 Å². The maximum atomic E-state index is 11.0. The van der Waals surface area contributed by atoms with Crippen molar-refractivity contribution >= 4 is 11.9 Å². The summed E-state index contributed by atoms with van der Waals surface area (Å²) < 4.78 is 5.03. The number of aliphatic carboxylic acids is 1. The van der Waals surface area contributed by atoms with Crippen LogP contribution in [0.25, 0.3) is 0 Å². The Balaban J connectivity index is 2.48. The van der Waals surface area contributed by atoms with E-state index in [1.807, 2.05) is 0 Å². The monoisotopic (exact) mass is 201 g/mol. The molecule has 80 valence electrons. The SMILES string of the molecule is CCC(=O)O[C@H]1C[C@@H](C(=O)O)C[C@@H]1N. The highest BCUT2D eigenvalue weighted by atomic mass is 16.5. The lowest BCUT2D eigenvalue weighted by molar-refractivity contribution is -0.150. The summed E-state index contributed by atoms with van der Waals surface area (Å²) in [7, 11) is 0. The first kappa shape index (κ1) is 11.0. The number of carboxylic acids is 1. The van der Waals surface area contributed by atoms with E-state index in [-0.39, 0.29) is 12.0 Å². The minimum Gasteiger partial charge on any atom is -0.481 e. The van der Waals surface area contributed by atoms with Gasteiger partial charge >= 0.3 is 11.9 Å². The molecule has 0 saturated heterocycles. The first-order valence-corrected chi connectivity index (χ1v) is 4.72. The summed E-state index contributed by atoms with van der Waals surface area (Å²) in [5, 5.41) is 8.74. The smallest absolute Gasteiger partial charge is 0.306 e. The van der Waals surface area contributed by atoms with Gasteiger partial charge in [-0.1, -0.05) is 6.92 Å². The van der Waals surface area contributed by atoms with Crippen LogP contribution in [0.4, 0.5) is 0 Å². The molecule has 5 nitrogen and oxygen atoms in total. The van der Waals surface area contributed by atoms with Crippen LogP contribution in [0.1, 0.15) is 26.2 Å². The molecule has 1 aliphatic carbocycles. The summed E-state index contributed by atoms with van der Waals surface area (Å²) >= 11 is 0. The zero-order valence-corrected chi connectivity index (χ0v) is 8.10. The number of rotatable bonds is 3. The van der Waals surface area contributed by atoms with Crippen LogP contribution in [-0.2, 0) is 14.3 Å². The Hall–Kier alpha value is -1.10. The number of hydrogen-bond acceptors (Lipinski definition) is 4. The molecule has 0 radical (unpaired) electrons. The van der Waals surface area contributed by atoms with Crippen LogP contribution >= 0.6 is 0 Å². The second-order valence-corrected chi connectivity index (χ2v) is 3.55. The number of ether oxygens (including phenoxy) is 1. The van der Waals surface area contributed by atoms with Crippen molar-refractivity contribution < 1.29 is 19.4 Å². The fourth-order valence-electron chi connectivity index (χ4n) is 1.62. The Bertz CT molecular complexity index is 241. The molecule has 1 aliphatic rings. The third-order valence-corrected chi connectivity index (χ3v) is 2.47. The summed E-state index contributed by atoms with van der Waals surface area (Å²) in [6.45, 7) is 1.69. The molecule has 0 heterocycles. The third-order valence-electron chi connectivity index (χ3n) is 2.47. The first-order chi connectivity index (χ1) is 6.54. The molecule has 0 aromatic rings. The molecule has 0 aromatic carbocycles. The van der Waals surface area contributed by atoms with Gasteiger partial charge in [-0.25, -0.2) is 0 Å². The first-order valence-electron chi connectivity index (χ1n) is 4.72. The molecule has 5 heteroatoms. The van der Waals surface area contributed by atoms with Crippen molar-refractivity contribution in [2.75, 3.05) is 0 Å². The van der Waals surface area contributed by atoms with E-state index in [1.54, 1.807) is 6.92 Å². The molecule has 0 aliphatic heterocycles. The standard InChI is InChI=1S/C9H15NO4/c1-2-8(11)14-7-4-5(9(12)13)3-6(7)10/h5-7H,2-4,10H2,1H3,(H,12,13)/t5-,6-,7-/m0/s1. The lowest BCUT2D eigenvalue weighted by atomic mass is 10.1. The van der Waals surface area contributed by atoms with Crippen molar-refractivity contribution in [3.8, 4) is 0 Å². The molecular weight excluding hydrogens is 186 g/mol. The van der Waals surface area contributed by atoms with Gasteiger partial charge in [-0.3, -0.25) is 9.59 Å². The van der Waals surface area contributed by atoms with Crippen LogP contribution in [0.3, 0.4) is 0 Å². The number of carbonyl (C=O) groups is 2. The molecule has 0 unspecified atom stereocenters. The molecule has 0 spiro atoms. The Morgan fingerprint density at radius 2 is 2.14 bits per heavy atom. The summed E-state index contributed by atoms with van der Waals surface area (Å²) in [6, 6.07) is -0.341. The average Bonchev–Trinajstić information content (AvgIpc) is 2.48. The van der Waals surface area contributed by atoms with Gasteiger partial charge in [0.05, 0.1) is 5.92 Å². The zero-order chi connectivity index (χ0) is 10.7. The third kappa shape index (κ3) is 2.45. The molecule has 0 aromatic heterocycles. The summed E-state index contributed by atoms with van der Waals surface area (Å²) in [5.74, 6) is -1.66. The second-order valence-electron chi connectivity index (χ2n) is 3.55. The minimum absolute atomic E-state index is 0.293. The van der Waals surface area contributed by atoms with E-state index >= 15 is 0 Å². The number of esters is 1. The number of nitrogens with two attached hydrogens (primary N) is 1. The van der Waals surface area contributed by atoms with E-state index < -0.39 is 18.0 Å². The minimum atomic E-state index is -0.865. The van der Waals surface area contributed by atoms with E-state index in [2.05, 4.69) is 0 Å². The second kappa shape index (κ2) is 4.41. The normalized spacial score (nSPS) is 31.4. The lowest BCUT2D eigenvalue weighted by Crippen LogP contribution is -2.32. The molecule has 14 heavy (non-hydrogen) atoms. The van der Waals surface area contributed by atoms with E-state index in [4.69, 9.17) is 15.6 Å². The highest BCUT2D eigenvalue weighted by molar-refractivity contribution is 5.71. The highest BCUT2D eigenvalue weighted by Crippen LogP contribution is 2.27. The van der Waals surface area contributed by atoms with Crippen LogP contribution in [0.5, 0.6) is 0 Å².